The molecule has 3 aromatic carbocycles. The van der Waals surface area contributed by atoms with Crippen molar-refractivity contribution in [2.75, 3.05) is 0 Å². The predicted octanol–water partition coefficient (Wildman–Crippen LogP) is 6.37. The molecule has 6 nitrogen and oxygen atoms in total. The standard InChI is InChI=1S/C28H24IN3O3/c29-24-16-32(20-33-17-21-10-4-1-5-11-21)26-25(24)30-28(35-19-23-14-8-3-9-15-23)31-27(26)34-18-22-12-6-2-7-13-22/h1-16H,17-20H2. The molecule has 0 saturated heterocycles. The van der Waals surface area contributed by atoms with Gasteiger partial charge in [0.2, 0.25) is 5.88 Å². The van der Waals surface area contributed by atoms with Crippen LogP contribution in [0.25, 0.3) is 11.0 Å². The zero-order chi connectivity index (χ0) is 23.9. The average molecular weight is 577 g/mol. The third-order valence-corrected chi connectivity index (χ3v) is 6.17. The Morgan fingerprint density at radius 1 is 0.657 bits per heavy atom. The molecule has 0 fully saturated rings. The Balaban J connectivity index is 1.42. The molecule has 5 rings (SSSR count). The smallest absolute Gasteiger partial charge is 0.320 e. The molecule has 0 bridgehead atoms. The van der Waals surface area contributed by atoms with Crippen molar-refractivity contribution in [2.45, 2.75) is 26.6 Å². The van der Waals surface area contributed by atoms with Gasteiger partial charge in [0.15, 0.2) is 0 Å². The van der Waals surface area contributed by atoms with E-state index in [1.54, 1.807) is 0 Å². The lowest BCUT2D eigenvalue weighted by Crippen LogP contribution is -2.07. The van der Waals surface area contributed by atoms with Crippen molar-refractivity contribution in [3.05, 3.63) is 117 Å². The van der Waals surface area contributed by atoms with Crippen LogP contribution in [0.5, 0.6) is 11.9 Å². The summed E-state index contributed by atoms with van der Waals surface area (Å²) in [7, 11) is 0. The maximum Gasteiger partial charge on any atom is 0.320 e. The fourth-order valence-electron chi connectivity index (χ4n) is 3.65. The van der Waals surface area contributed by atoms with Crippen molar-refractivity contribution in [1.82, 2.24) is 14.5 Å². The highest BCUT2D eigenvalue weighted by Gasteiger charge is 2.18. The van der Waals surface area contributed by atoms with Gasteiger partial charge in [-0.05, 0) is 39.3 Å². The van der Waals surface area contributed by atoms with Crippen LogP contribution in [0.15, 0.2) is 97.2 Å². The fraction of sp³-hybridized carbons (Fsp3) is 0.143. The molecule has 5 aromatic rings. The van der Waals surface area contributed by atoms with E-state index in [0.717, 1.165) is 31.3 Å². The molecule has 176 valence electrons. The first-order valence-electron chi connectivity index (χ1n) is 11.3. The molecule has 0 spiro atoms. The van der Waals surface area contributed by atoms with Gasteiger partial charge in [0.1, 0.15) is 31.0 Å². The summed E-state index contributed by atoms with van der Waals surface area (Å²) in [6, 6.07) is 30.4. The number of rotatable bonds is 10. The molecule has 0 unspecified atom stereocenters. The van der Waals surface area contributed by atoms with Crippen molar-refractivity contribution in [3.63, 3.8) is 0 Å². The van der Waals surface area contributed by atoms with Crippen LogP contribution in [0.2, 0.25) is 0 Å². The molecule has 0 aliphatic carbocycles. The van der Waals surface area contributed by atoms with Crippen LogP contribution in [-0.4, -0.2) is 14.5 Å². The van der Waals surface area contributed by atoms with E-state index < -0.39 is 0 Å². The van der Waals surface area contributed by atoms with Gasteiger partial charge in [0, 0.05) is 6.20 Å². The van der Waals surface area contributed by atoms with Crippen molar-refractivity contribution in [1.29, 1.82) is 0 Å². The number of hydrogen-bond acceptors (Lipinski definition) is 5. The first kappa shape index (κ1) is 23.3. The molecule has 0 aliphatic heterocycles. The summed E-state index contributed by atoms with van der Waals surface area (Å²) < 4.78 is 21.1. The second kappa shape index (κ2) is 11.3. The molecule has 2 heterocycles. The van der Waals surface area contributed by atoms with Crippen LogP contribution in [0.4, 0.5) is 0 Å². The van der Waals surface area contributed by atoms with Crippen LogP contribution >= 0.6 is 22.6 Å². The van der Waals surface area contributed by atoms with E-state index in [0.29, 0.717) is 32.4 Å². The van der Waals surface area contributed by atoms with E-state index in [-0.39, 0.29) is 6.01 Å². The van der Waals surface area contributed by atoms with Crippen molar-refractivity contribution < 1.29 is 14.2 Å². The Labute approximate surface area is 217 Å². The van der Waals surface area contributed by atoms with Gasteiger partial charge < -0.3 is 18.8 Å². The normalized spacial score (nSPS) is 11.0. The van der Waals surface area contributed by atoms with E-state index >= 15 is 0 Å². The third-order valence-electron chi connectivity index (χ3n) is 5.39. The largest absolute Gasteiger partial charge is 0.471 e. The van der Waals surface area contributed by atoms with Crippen molar-refractivity contribution >= 4 is 33.6 Å². The van der Waals surface area contributed by atoms with Gasteiger partial charge in [-0.1, -0.05) is 91.0 Å². The minimum Gasteiger partial charge on any atom is -0.471 e. The van der Waals surface area contributed by atoms with Crippen LogP contribution in [0.3, 0.4) is 0 Å². The zero-order valence-corrected chi connectivity index (χ0v) is 21.2. The maximum absolute atomic E-state index is 6.21. The molecule has 35 heavy (non-hydrogen) atoms. The van der Waals surface area contributed by atoms with E-state index in [4.69, 9.17) is 19.2 Å². The van der Waals surface area contributed by atoms with Gasteiger partial charge in [-0.2, -0.15) is 9.97 Å². The van der Waals surface area contributed by atoms with Gasteiger partial charge in [-0.3, -0.25) is 0 Å². The number of hydrogen-bond donors (Lipinski definition) is 0. The van der Waals surface area contributed by atoms with Crippen LogP contribution in [0.1, 0.15) is 16.7 Å². The minimum atomic E-state index is 0.283. The summed E-state index contributed by atoms with van der Waals surface area (Å²) in [5.74, 6) is 0.466. The first-order valence-corrected chi connectivity index (χ1v) is 12.4. The summed E-state index contributed by atoms with van der Waals surface area (Å²) in [5, 5.41) is 0. The summed E-state index contributed by atoms with van der Waals surface area (Å²) >= 11 is 2.28. The van der Waals surface area contributed by atoms with Gasteiger partial charge in [-0.15, -0.1) is 0 Å². The first-order chi connectivity index (χ1) is 17.3. The molecular formula is C28H24IN3O3. The van der Waals surface area contributed by atoms with Gasteiger partial charge in [0.25, 0.3) is 0 Å². The minimum absolute atomic E-state index is 0.283. The lowest BCUT2D eigenvalue weighted by molar-refractivity contribution is 0.0663. The number of aromatic nitrogens is 3. The lowest BCUT2D eigenvalue weighted by Gasteiger charge is -2.12. The quantitative estimate of drug-likeness (QED) is 0.181. The topological polar surface area (TPSA) is 58.4 Å². The Morgan fingerprint density at radius 3 is 1.80 bits per heavy atom. The number of ether oxygens (including phenoxy) is 3. The van der Waals surface area contributed by atoms with Gasteiger partial charge >= 0.3 is 6.01 Å². The molecule has 0 radical (unpaired) electrons. The number of benzene rings is 3. The molecule has 0 aliphatic rings. The second-order valence-electron chi connectivity index (χ2n) is 7.97. The lowest BCUT2D eigenvalue weighted by atomic mass is 10.2. The van der Waals surface area contributed by atoms with E-state index in [2.05, 4.69) is 27.6 Å². The fourth-order valence-corrected chi connectivity index (χ4v) is 4.37. The highest BCUT2D eigenvalue weighted by atomic mass is 127. The van der Waals surface area contributed by atoms with Crippen LogP contribution in [-0.2, 0) is 31.3 Å². The summed E-state index contributed by atoms with van der Waals surface area (Å²) in [4.78, 5) is 9.33. The summed E-state index contributed by atoms with van der Waals surface area (Å²) in [6.07, 6.45) is 2.00. The van der Waals surface area contributed by atoms with E-state index in [9.17, 15) is 0 Å². The SMILES string of the molecule is Ic1cn(COCc2ccccc2)c2c(OCc3ccccc3)nc(OCc3ccccc3)nc12. The Morgan fingerprint density at radius 2 is 1.20 bits per heavy atom. The third kappa shape index (κ3) is 5.98. The average Bonchev–Trinajstić information content (AvgIpc) is 3.23. The highest BCUT2D eigenvalue weighted by molar-refractivity contribution is 14.1. The zero-order valence-electron chi connectivity index (χ0n) is 19.0. The van der Waals surface area contributed by atoms with Crippen LogP contribution < -0.4 is 9.47 Å². The molecule has 0 amide bonds. The summed E-state index contributed by atoms with van der Waals surface area (Å²) in [5.41, 5.74) is 4.77. The molecule has 0 saturated carbocycles. The van der Waals surface area contributed by atoms with Gasteiger partial charge in [-0.25, -0.2) is 0 Å². The summed E-state index contributed by atoms with van der Waals surface area (Å²) in [6.45, 7) is 1.62. The maximum atomic E-state index is 6.21. The molecule has 0 atom stereocenters. The molecule has 0 N–H and O–H groups in total. The monoisotopic (exact) mass is 577 g/mol. The van der Waals surface area contributed by atoms with E-state index in [1.165, 1.54) is 0 Å². The molecular weight excluding hydrogens is 553 g/mol. The Bertz CT molecular complexity index is 1380. The van der Waals surface area contributed by atoms with E-state index in [1.807, 2.05) is 102 Å². The van der Waals surface area contributed by atoms with Gasteiger partial charge in [0.05, 0.1) is 10.2 Å². The van der Waals surface area contributed by atoms with Crippen molar-refractivity contribution in [3.8, 4) is 11.9 Å². The second-order valence-corrected chi connectivity index (χ2v) is 9.13. The van der Waals surface area contributed by atoms with Crippen molar-refractivity contribution in [2.24, 2.45) is 0 Å². The molecule has 2 aromatic heterocycles. The Hall–Kier alpha value is -3.43. The highest BCUT2D eigenvalue weighted by Crippen LogP contribution is 2.31. The number of nitrogens with zero attached hydrogens (tertiary/aromatic N) is 3. The number of fused-ring (bicyclic) bond motifs is 1. The van der Waals surface area contributed by atoms with Crippen LogP contribution in [0, 0.1) is 3.57 Å². The molecule has 7 heteroatoms. The number of halogens is 1. The Kier molecular flexibility index (Phi) is 7.55. The predicted molar refractivity (Wildman–Crippen MR) is 143 cm³/mol.